The Balaban J connectivity index is 2.08. The third kappa shape index (κ3) is 3.65. The number of sulfonamides is 1. The molecular formula is C19H15F2NO2S2. The highest BCUT2D eigenvalue weighted by Gasteiger charge is 2.21. The van der Waals surface area contributed by atoms with E-state index < -0.39 is 26.6 Å². The maximum Gasteiger partial charge on any atom is 0.243 e. The molecule has 0 saturated heterocycles. The van der Waals surface area contributed by atoms with Crippen molar-refractivity contribution in [1.82, 2.24) is 0 Å². The van der Waals surface area contributed by atoms with Gasteiger partial charge in [0, 0.05) is 4.90 Å². The van der Waals surface area contributed by atoms with Crippen molar-refractivity contribution in [3.63, 3.8) is 0 Å². The van der Waals surface area contributed by atoms with E-state index in [1.54, 1.807) is 18.2 Å². The van der Waals surface area contributed by atoms with Crippen molar-refractivity contribution >= 4 is 22.7 Å². The number of thiol groups is 1. The van der Waals surface area contributed by atoms with Gasteiger partial charge in [0.2, 0.25) is 10.0 Å². The van der Waals surface area contributed by atoms with E-state index in [1.165, 1.54) is 0 Å². The molecule has 134 valence electrons. The lowest BCUT2D eigenvalue weighted by atomic mass is 9.99. The summed E-state index contributed by atoms with van der Waals surface area (Å²) in [6.45, 7) is 1.98. The number of benzene rings is 3. The quantitative estimate of drug-likeness (QED) is 0.644. The summed E-state index contributed by atoms with van der Waals surface area (Å²) in [6.07, 6.45) is 0. The molecule has 3 nitrogen and oxygen atoms in total. The predicted octanol–water partition coefficient (Wildman–Crippen LogP) is 4.54. The van der Waals surface area contributed by atoms with Crippen LogP contribution in [0.1, 0.15) is 5.56 Å². The summed E-state index contributed by atoms with van der Waals surface area (Å²) in [5.41, 5.74) is 3.65. The highest BCUT2D eigenvalue weighted by molar-refractivity contribution is 7.89. The Labute approximate surface area is 155 Å². The van der Waals surface area contributed by atoms with Crippen LogP contribution in [0.15, 0.2) is 64.4 Å². The van der Waals surface area contributed by atoms with E-state index in [2.05, 4.69) is 12.6 Å². The van der Waals surface area contributed by atoms with Crippen LogP contribution in [-0.4, -0.2) is 8.42 Å². The van der Waals surface area contributed by atoms with E-state index in [0.717, 1.165) is 28.8 Å². The molecule has 0 spiro atoms. The Morgan fingerprint density at radius 3 is 2.08 bits per heavy atom. The first kappa shape index (κ1) is 18.6. The molecule has 0 bridgehead atoms. The lowest BCUT2D eigenvalue weighted by Crippen LogP contribution is -2.16. The van der Waals surface area contributed by atoms with Crippen LogP contribution in [-0.2, 0) is 10.0 Å². The summed E-state index contributed by atoms with van der Waals surface area (Å²) in [5.74, 6) is -2.46. The van der Waals surface area contributed by atoms with Crippen molar-refractivity contribution in [3.05, 3.63) is 71.8 Å². The fourth-order valence-electron chi connectivity index (χ4n) is 2.77. The molecule has 0 saturated carbocycles. The van der Waals surface area contributed by atoms with E-state index >= 15 is 0 Å². The minimum atomic E-state index is -4.48. The molecule has 3 aromatic rings. The van der Waals surface area contributed by atoms with Gasteiger partial charge in [0.15, 0.2) is 4.90 Å². The minimum Gasteiger partial charge on any atom is -0.224 e. The van der Waals surface area contributed by atoms with Gasteiger partial charge >= 0.3 is 0 Å². The summed E-state index contributed by atoms with van der Waals surface area (Å²) >= 11 is 4.48. The first-order valence-electron chi connectivity index (χ1n) is 7.59. The summed E-state index contributed by atoms with van der Waals surface area (Å²) < 4.78 is 50.7. The van der Waals surface area contributed by atoms with Crippen LogP contribution in [0.4, 0.5) is 8.78 Å². The summed E-state index contributed by atoms with van der Waals surface area (Å²) in [7, 11) is -4.48. The van der Waals surface area contributed by atoms with Crippen LogP contribution < -0.4 is 5.14 Å². The molecule has 0 aliphatic carbocycles. The number of primary sulfonamides is 1. The Morgan fingerprint density at radius 1 is 0.885 bits per heavy atom. The molecule has 0 amide bonds. The minimum absolute atomic E-state index is 0.193. The molecule has 3 aromatic carbocycles. The normalized spacial score (nSPS) is 11.6. The van der Waals surface area contributed by atoms with Crippen LogP contribution in [0.2, 0.25) is 0 Å². The molecule has 3 rings (SSSR count). The van der Waals surface area contributed by atoms with Crippen molar-refractivity contribution in [2.24, 2.45) is 5.14 Å². The molecule has 26 heavy (non-hydrogen) atoms. The van der Waals surface area contributed by atoms with Gasteiger partial charge in [-0.05, 0) is 47.4 Å². The van der Waals surface area contributed by atoms with Crippen molar-refractivity contribution in [2.75, 3.05) is 0 Å². The van der Waals surface area contributed by atoms with Gasteiger partial charge in [0.05, 0.1) is 0 Å². The van der Waals surface area contributed by atoms with E-state index in [0.29, 0.717) is 10.5 Å². The van der Waals surface area contributed by atoms with E-state index in [4.69, 9.17) is 5.14 Å². The zero-order chi connectivity index (χ0) is 19.1. The SMILES string of the molecule is Cc1cccc(-c2ccc(-c3cc(F)c(S(N)(=O)=O)c(F)c3)cc2S)c1. The molecule has 7 heteroatoms. The van der Waals surface area contributed by atoms with Gasteiger partial charge in [-0.15, -0.1) is 12.6 Å². The molecule has 0 radical (unpaired) electrons. The summed E-state index contributed by atoms with van der Waals surface area (Å²) in [4.78, 5) is -0.506. The van der Waals surface area contributed by atoms with E-state index in [-0.39, 0.29) is 5.56 Å². The molecule has 0 aliphatic rings. The van der Waals surface area contributed by atoms with Gasteiger partial charge in [-0.2, -0.15) is 0 Å². The van der Waals surface area contributed by atoms with E-state index in [9.17, 15) is 17.2 Å². The number of halogens is 2. The Kier molecular flexibility index (Phi) is 4.88. The average molecular weight is 391 g/mol. The Morgan fingerprint density at radius 2 is 1.54 bits per heavy atom. The van der Waals surface area contributed by atoms with Crippen LogP contribution in [0.5, 0.6) is 0 Å². The highest BCUT2D eigenvalue weighted by atomic mass is 32.2. The van der Waals surface area contributed by atoms with Crippen LogP contribution >= 0.6 is 12.6 Å². The van der Waals surface area contributed by atoms with Crippen LogP contribution in [0, 0.1) is 18.6 Å². The lowest BCUT2D eigenvalue weighted by Gasteiger charge is -2.11. The molecule has 0 aromatic heterocycles. The Hall–Kier alpha value is -2.22. The van der Waals surface area contributed by atoms with Crippen LogP contribution in [0.25, 0.3) is 22.3 Å². The smallest absolute Gasteiger partial charge is 0.224 e. The molecule has 0 aliphatic heterocycles. The largest absolute Gasteiger partial charge is 0.243 e. The van der Waals surface area contributed by atoms with Gasteiger partial charge in [0.1, 0.15) is 11.6 Å². The van der Waals surface area contributed by atoms with Crippen molar-refractivity contribution in [1.29, 1.82) is 0 Å². The molecule has 2 N–H and O–H groups in total. The molecule has 0 heterocycles. The van der Waals surface area contributed by atoms with E-state index in [1.807, 2.05) is 31.2 Å². The lowest BCUT2D eigenvalue weighted by molar-refractivity contribution is 0.520. The molecule has 0 unspecified atom stereocenters. The Bertz CT molecular complexity index is 1090. The summed E-state index contributed by atoms with van der Waals surface area (Å²) in [6, 6.07) is 14.9. The fourth-order valence-corrected chi connectivity index (χ4v) is 3.77. The average Bonchev–Trinajstić information content (AvgIpc) is 2.52. The predicted molar refractivity (Wildman–Crippen MR) is 101 cm³/mol. The third-order valence-corrected chi connectivity index (χ3v) is 5.27. The molecule has 0 atom stereocenters. The maximum atomic E-state index is 14.1. The second-order valence-corrected chi connectivity index (χ2v) is 7.90. The van der Waals surface area contributed by atoms with Gasteiger partial charge < -0.3 is 0 Å². The third-order valence-electron chi connectivity index (χ3n) is 3.94. The van der Waals surface area contributed by atoms with Gasteiger partial charge in [0.25, 0.3) is 0 Å². The number of hydrogen-bond acceptors (Lipinski definition) is 3. The van der Waals surface area contributed by atoms with Crippen molar-refractivity contribution in [2.45, 2.75) is 16.7 Å². The van der Waals surface area contributed by atoms with Crippen molar-refractivity contribution in [3.8, 4) is 22.3 Å². The zero-order valence-corrected chi connectivity index (χ0v) is 15.4. The highest BCUT2D eigenvalue weighted by Crippen LogP contribution is 2.33. The first-order chi connectivity index (χ1) is 12.2. The van der Waals surface area contributed by atoms with Gasteiger partial charge in [-0.25, -0.2) is 22.3 Å². The van der Waals surface area contributed by atoms with Gasteiger partial charge in [-0.1, -0.05) is 42.0 Å². The van der Waals surface area contributed by atoms with Crippen molar-refractivity contribution < 1.29 is 17.2 Å². The monoisotopic (exact) mass is 391 g/mol. The maximum absolute atomic E-state index is 14.1. The molecular weight excluding hydrogens is 376 g/mol. The second-order valence-electron chi connectivity index (χ2n) is 5.92. The zero-order valence-electron chi connectivity index (χ0n) is 13.7. The number of nitrogens with two attached hydrogens (primary N) is 1. The van der Waals surface area contributed by atoms with Gasteiger partial charge in [-0.3, -0.25) is 0 Å². The summed E-state index contributed by atoms with van der Waals surface area (Å²) in [5, 5.41) is 4.85. The number of rotatable bonds is 3. The second kappa shape index (κ2) is 6.83. The first-order valence-corrected chi connectivity index (χ1v) is 9.58. The molecule has 0 fully saturated rings. The number of hydrogen-bond donors (Lipinski definition) is 2. The fraction of sp³-hybridized carbons (Fsp3) is 0.0526. The standard InChI is InChI=1S/C19H15F2NO2S2/c1-11-3-2-4-13(7-11)15-6-5-12(10-18(15)25)14-8-16(20)19(17(21)9-14)26(22,23)24/h2-10,25H,1H3,(H2,22,23,24). The number of aryl methyl sites for hydroxylation is 1. The van der Waals surface area contributed by atoms with Crippen LogP contribution in [0.3, 0.4) is 0 Å². The topological polar surface area (TPSA) is 60.2 Å².